The molecule has 0 aromatic rings. The maximum Gasteiger partial charge on any atom is 0.309 e. The van der Waals surface area contributed by atoms with Crippen molar-refractivity contribution in [3.05, 3.63) is 0 Å². The highest BCUT2D eigenvalue weighted by Gasteiger charge is 2.49. The van der Waals surface area contributed by atoms with Crippen LogP contribution in [0.2, 0.25) is 0 Å². The predicted molar refractivity (Wildman–Crippen MR) is 83.7 cm³/mol. The van der Waals surface area contributed by atoms with E-state index in [1.165, 1.54) is 42.7 Å². The van der Waals surface area contributed by atoms with Crippen molar-refractivity contribution in [3.8, 4) is 0 Å². The fraction of sp³-hybridized carbons (Fsp3) is 0.938. The molecule has 3 aliphatic rings. The third-order valence-corrected chi connectivity index (χ3v) is 6.85. The van der Waals surface area contributed by atoms with Gasteiger partial charge in [-0.3, -0.25) is 4.79 Å². The Labute approximate surface area is 133 Å². The number of rotatable bonds is 4. The van der Waals surface area contributed by atoms with E-state index in [1.54, 1.807) is 0 Å². The highest BCUT2D eigenvalue weighted by atomic mass is 32.2. The second-order valence-corrected chi connectivity index (χ2v) is 9.18. The minimum atomic E-state index is -3.11. The van der Waals surface area contributed by atoms with Crippen LogP contribution in [0.1, 0.15) is 51.4 Å². The molecule has 2 atom stereocenters. The SMILES string of the molecule is CS(=O)(=O)N1CCC(OC(=O)C2CC2C2CCCCC2)CC1. The Morgan fingerprint density at radius 3 is 2.27 bits per heavy atom. The molecule has 6 heteroatoms. The molecule has 5 nitrogen and oxygen atoms in total. The van der Waals surface area contributed by atoms with Gasteiger partial charge in [0.25, 0.3) is 0 Å². The molecule has 0 aromatic heterocycles. The molecule has 3 fully saturated rings. The van der Waals surface area contributed by atoms with E-state index in [1.807, 2.05) is 0 Å². The number of piperidine rings is 1. The van der Waals surface area contributed by atoms with Gasteiger partial charge in [-0.25, -0.2) is 12.7 Å². The summed E-state index contributed by atoms with van der Waals surface area (Å²) in [5.74, 6) is 1.38. The maximum absolute atomic E-state index is 12.3. The molecule has 1 heterocycles. The third-order valence-electron chi connectivity index (χ3n) is 5.55. The van der Waals surface area contributed by atoms with E-state index >= 15 is 0 Å². The van der Waals surface area contributed by atoms with Gasteiger partial charge in [0.15, 0.2) is 0 Å². The monoisotopic (exact) mass is 329 g/mol. The molecule has 0 bridgehead atoms. The van der Waals surface area contributed by atoms with Gasteiger partial charge >= 0.3 is 5.97 Å². The van der Waals surface area contributed by atoms with E-state index in [9.17, 15) is 13.2 Å². The first-order chi connectivity index (χ1) is 10.4. The van der Waals surface area contributed by atoms with Crippen LogP contribution in [0.25, 0.3) is 0 Å². The lowest BCUT2D eigenvalue weighted by Crippen LogP contribution is -2.41. The lowest BCUT2D eigenvalue weighted by molar-refractivity contribution is -0.152. The summed E-state index contributed by atoms with van der Waals surface area (Å²) in [5.41, 5.74) is 0. The highest BCUT2D eigenvalue weighted by Crippen LogP contribution is 2.50. The zero-order valence-electron chi connectivity index (χ0n) is 13.4. The van der Waals surface area contributed by atoms with Gasteiger partial charge in [-0.15, -0.1) is 0 Å². The van der Waals surface area contributed by atoms with Crippen molar-refractivity contribution in [3.63, 3.8) is 0 Å². The van der Waals surface area contributed by atoms with Gasteiger partial charge in [0, 0.05) is 13.1 Å². The quantitative estimate of drug-likeness (QED) is 0.742. The number of ether oxygens (including phenoxy) is 1. The zero-order chi connectivity index (χ0) is 15.7. The summed E-state index contributed by atoms with van der Waals surface area (Å²) in [6.45, 7) is 0.932. The second kappa shape index (κ2) is 6.48. The Balaban J connectivity index is 1.42. The molecule has 0 amide bonds. The normalized spacial score (nSPS) is 31.9. The molecular formula is C16H27NO4S. The summed E-state index contributed by atoms with van der Waals surface area (Å²) in [4.78, 5) is 12.3. The summed E-state index contributed by atoms with van der Waals surface area (Å²) >= 11 is 0. The van der Waals surface area contributed by atoms with Crippen molar-refractivity contribution in [2.75, 3.05) is 19.3 Å². The van der Waals surface area contributed by atoms with Crippen molar-refractivity contribution in [1.82, 2.24) is 4.31 Å². The first-order valence-electron chi connectivity index (χ1n) is 8.61. The molecule has 0 radical (unpaired) electrons. The van der Waals surface area contributed by atoms with Gasteiger partial charge in [-0.1, -0.05) is 32.1 Å². The number of esters is 1. The zero-order valence-corrected chi connectivity index (χ0v) is 14.2. The van der Waals surface area contributed by atoms with Gasteiger partial charge in [0.2, 0.25) is 10.0 Å². The maximum atomic E-state index is 12.3. The Morgan fingerprint density at radius 2 is 1.68 bits per heavy atom. The molecule has 2 unspecified atom stereocenters. The van der Waals surface area contributed by atoms with E-state index < -0.39 is 10.0 Å². The van der Waals surface area contributed by atoms with Crippen LogP contribution in [0.4, 0.5) is 0 Å². The average molecular weight is 329 g/mol. The largest absolute Gasteiger partial charge is 0.462 e. The molecule has 1 saturated heterocycles. The fourth-order valence-electron chi connectivity index (χ4n) is 4.10. The molecule has 2 saturated carbocycles. The van der Waals surface area contributed by atoms with Crippen LogP contribution < -0.4 is 0 Å². The lowest BCUT2D eigenvalue weighted by atomic mass is 9.85. The van der Waals surface area contributed by atoms with E-state index in [0.717, 1.165) is 12.3 Å². The average Bonchev–Trinajstić information content (AvgIpc) is 3.28. The minimum absolute atomic E-state index is 0.0339. The number of carbonyl (C=O) groups excluding carboxylic acids is 1. The van der Waals surface area contributed by atoms with Crippen LogP contribution in [0.15, 0.2) is 0 Å². The number of hydrogen-bond donors (Lipinski definition) is 0. The summed E-state index contributed by atoms with van der Waals surface area (Å²) in [6.07, 6.45) is 9.92. The molecule has 0 N–H and O–H groups in total. The number of hydrogen-bond acceptors (Lipinski definition) is 4. The molecule has 2 aliphatic carbocycles. The van der Waals surface area contributed by atoms with Crippen molar-refractivity contribution >= 4 is 16.0 Å². The molecule has 3 rings (SSSR count). The second-order valence-electron chi connectivity index (χ2n) is 7.20. The summed E-state index contributed by atoms with van der Waals surface area (Å²) in [6, 6.07) is 0. The van der Waals surface area contributed by atoms with Crippen LogP contribution in [-0.4, -0.2) is 44.1 Å². The van der Waals surface area contributed by atoms with Crippen molar-refractivity contribution in [1.29, 1.82) is 0 Å². The summed E-state index contributed by atoms with van der Waals surface area (Å²) in [5, 5.41) is 0. The third kappa shape index (κ3) is 3.82. The minimum Gasteiger partial charge on any atom is -0.462 e. The summed E-state index contributed by atoms with van der Waals surface area (Å²) in [7, 11) is -3.11. The molecule has 1 aliphatic heterocycles. The van der Waals surface area contributed by atoms with Crippen LogP contribution in [0, 0.1) is 17.8 Å². The smallest absolute Gasteiger partial charge is 0.309 e. The van der Waals surface area contributed by atoms with E-state index in [2.05, 4.69) is 0 Å². The van der Waals surface area contributed by atoms with Gasteiger partial charge in [0.1, 0.15) is 6.10 Å². The standard InChI is InChI=1S/C16H27NO4S/c1-22(19,20)17-9-7-13(8-10-17)21-16(18)15-11-14(15)12-5-3-2-4-6-12/h12-15H,2-11H2,1H3. The van der Waals surface area contributed by atoms with Crippen molar-refractivity contribution in [2.24, 2.45) is 17.8 Å². The van der Waals surface area contributed by atoms with Gasteiger partial charge < -0.3 is 4.74 Å². The van der Waals surface area contributed by atoms with E-state index in [-0.39, 0.29) is 18.0 Å². The van der Waals surface area contributed by atoms with Crippen LogP contribution in [0.3, 0.4) is 0 Å². The van der Waals surface area contributed by atoms with E-state index in [0.29, 0.717) is 31.8 Å². The number of sulfonamides is 1. The van der Waals surface area contributed by atoms with Gasteiger partial charge in [-0.2, -0.15) is 0 Å². The van der Waals surface area contributed by atoms with Crippen molar-refractivity contribution in [2.45, 2.75) is 57.5 Å². The predicted octanol–water partition coefficient (Wildman–Crippen LogP) is 2.17. The Kier molecular flexibility index (Phi) is 4.78. The molecular weight excluding hydrogens is 302 g/mol. The highest BCUT2D eigenvalue weighted by molar-refractivity contribution is 7.88. The molecule has 0 aromatic carbocycles. The first kappa shape index (κ1) is 16.2. The number of nitrogens with zero attached hydrogens (tertiary/aromatic N) is 1. The topological polar surface area (TPSA) is 63.7 Å². The first-order valence-corrected chi connectivity index (χ1v) is 10.5. The van der Waals surface area contributed by atoms with E-state index in [4.69, 9.17) is 4.74 Å². The fourth-order valence-corrected chi connectivity index (χ4v) is 4.98. The lowest BCUT2D eigenvalue weighted by Gasteiger charge is -2.30. The molecule has 126 valence electrons. The van der Waals surface area contributed by atoms with Crippen LogP contribution in [0.5, 0.6) is 0 Å². The molecule has 22 heavy (non-hydrogen) atoms. The Bertz CT molecular complexity index is 504. The number of carbonyl (C=O) groups is 1. The van der Waals surface area contributed by atoms with Crippen LogP contribution in [-0.2, 0) is 19.6 Å². The molecule has 0 spiro atoms. The summed E-state index contributed by atoms with van der Waals surface area (Å²) < 4.78 is 30.0. The van der Waals surface area contributed by atoms with Crippen LogP contribution >= 0.6 is 0 Å². The van der Waals surface area contributed by atoms with Crippen molar-refractivity contribution < 1.29 is 17.9 Å². The van der Waals surface area contributed by atoms with Gasteiger partial charge in [0.05, 0.1) is 12.2 Å². The Morgan fingerprint density at radius 1 is 1.05 bits per heavy atom. The van der Waals surface area contributed by atoms with Gasteiger partial charge in [-0.05, 0) is 31.1 Å². The Hall–Kier alpha value is -0.620.